The Morgan fingerprint density at radius 2 is 2.04 bits per heavy atom. The molecule has 0 saturated heterocycles. The number of nitrogens with zero attached hydrogens (tertiary/aromatic N) is 2. The van der Waals surface area contributed by atoms with E-state index in [1.807, 2.05) is 17.8 Å². The first-order chi connectivity index (χ1) is 11.6. The van der Waals surface area contributed by atoms with Gasteiger partial charge in [0.25, 0.3) is 0 Å². The summed E-state index contributed by atoms with van der Waals surface area (Å²) in [6, 6.07) is 8.44. The lowest BCUT2D eigenvalue weighted by atomic mass is 10.1. The number of guanidine groups is 1. The first kappa shape index (κ1) is 17.9. The van der Waals surface area contributed by atoms with Crippen LogP contribution in [-0.2, 0) is 20.0 Å². The molecule has 130 valence electrons. The monoisotopic (exact) mass is 328 g/mol. The van der Waals surface area contributed by atoms with E-state index in [2.05, 4.69) is 59.9 Å². The zero-order valence-electron chi connectivity index (χ0n) is 15.1. The van der Waals surface area contributed by atoms with E-state index < -0.39 is 0 Å². The second-order valence-electron chi connectivity index (χ2n) is 5.86. The van der Waals surface area contributed by atoms with Crippen LogP contribution in [0.3, 0.4) is 0 Å². The maximum atomic E-state index is 5.38. The summed E-state index contributed by atoms with van der Waals surface area (Å²) in [6.07, 6.45) is 5.05. The summed E-state index contributed by atoms with van der Waals surface area (Å²) < 4.78 is 7.42. The normalized spacial score (nSPS) is 11.4. The summed E-state index contributed by atoms with van der Waals surface area (Å²) in [5.74, 6) is 1.79. The molecule has 1 aromatic carbocycles. The smallest absolute Gasteiger partial charge is 0.191 e. The van der Waals surface area contributed by atoms with E-state index in [1.54, 1.807) is 7.11 Å². The number of rotatable bonds is 7. The second-order valence-corrected chi connectivity index (χ2v) is 5.86. The molecule has 5 nitrogen and oxygen atoms in total. The Labute approximate surface area is 144 Å². The number of benzene rings is 1. The lowest BCUT2D eigenvalue weighted by molar-refractivity contribution is 0.411. The van der Waals surface area contributed by atoms with Crippen molar-refractivity contribution in [1.82, 2.24) is 15.2 Å². The molecule has 0 fully saturated rings. The summed E-state index contributed by atoms with van der Waals surface area (Å²) in [5.41, 5.74) is 3.62. The van der Waals surface area contributed by atoms with Crippen LogP contribution in [0.1, 0.15) is 23.6 Å². The fourth-order valence-corrected chi connectivity index (χ4v) is 2.51. The first-order valence-corrected chi connectivity index (χ1v) is 8.39. The van der Waals surface area contributed by atoms with Crippen molar-refractivity contribution in [2.75, 3.05) is 20.2 Å². The van der Waals surface area contributed by atoms with Crippen LogP contribution in [0.5, 0.6) is 5.75 Å². The standard InChI is InChI=1S/C19H28N4O/c1-5-20-19(22-13-17-9-11-23(3)14-17)21-10-8-16-7-6-15(2)18(12-16)24-4/h6-7,9,11-12,14H,5,8,10,13H2,1-4H3,(H2,20,21,22). The van der Waals surface area contributed by atoms with Crippen LogP contribution in [-0.4, -0.2) is 30.7 Å². The van der Waals surface area contributed by atoms with E-state index >= 15 is 0 Å². The van der Waals surface area contributed by atoms with E-state index in [9.17, 15) is 0 Å². The van der Waals surface area contributed by atoms with Crippen molar-refractivity contribution >= 4 is 5.96 Å². The van der Waals surface area contributed by atoms with E-state index in [1.165, 1.54) is 11.1 Å². The number of nitrogens with one attached hydrogen (secondary N) is 2. The van der Waals surface area contributed by atoms with Gasteiger partial charge in [-0.2, -0.15) is 0 Å². The van der Waals surface area contributed by atoms with Gasteiger partial charge in [0.05, 0.1) is 13.7 Å². The molecule has 0 radical (unpaired) electrons. The minimum Gasteiger partial charge on any atom is -0.496 e. The molecule has 0 atom stereocenters. The quantitative estimate of drug-likeness (QED) is 0.607. The van der Waals surface area contributed by atoms with Crippen molar-refractivity contribution in [3.63, 3.8) is 0 Å². The largest absolute Gasteiger partial charge is 0.496 e. The highest BCUT2D eigenvalue weighted by molar-refractivity contribution is 5.79. The van der Waals surface area contributed by atoms with Gasteiger partial charge in [-0.05, 0) is 49.1 Å². The fraction of sp³-hybridized carbons (Fsp3) is 0.421. The number of aliphatic imine (C=N–C) groups is 1. The van der Waals surface area contributed by atoms with Crippen LogP contribution in [0.4, 0.5) is 0 Å². The molecule has 2 rings (SSSR count). The third-order valence-electron chi connectivity index (χ3n) is 3.84. The number of aryl methyl sites for hydroxylation is 2. The maximum Gasteiger partial charge on any atom is 0.191 e. The van der Waals surface area contributed by atoms with Gasteiger partial charge in [0.2, 0.25) is 0 Å². The van der Waals surface area contributed by atoms with Gasteiger partial charge in [-0.25, -0.2) is 4.99 Å². The summed E-state index contributed by atoms with van der Waals surface area (Å²) >= 11 is 0. The summed E-state index contributed by atoms with van der Waals surface area (Å²) in [7, 11) is 3.73. The van der Waals surface area contributed by atoms with Gasteiger partial charge in [0.1, 0.15) is 5.75 Å². The number of aromatic nitrogens is 1. The Hall–Kier alpha value is -2.43. The van der Waals surface area contributed by atoms with Gasteiger partial charge < -0.3 is 19.9 Å². The van der Waals surface area contributed by atoms with Gasteiger partial charge in [-0.3, -0.25) is 0 Å². The number of methoxy groups -OCH3 is 1. The molecular formula is C19H28N4O. The van der Waals surface area contributed by atoms with Crippen molar-refractivity contribution in [3.05, 3.63) is 53.3 Å². The molecule has 0 aliphatic carbocycles. The molecule has 5 heteroatoms. The summed E-state index contributed by atoms with van der Waals surface area (Å²) in [6.45, 7) is 6.48. The molecule has 0 aliphatic heterocycles. The first-order valence-electron chi connectivity index (χ1n) is 8.39. The van der Waals surface area contributed by atoms with Crippen molar-refractivity contribution in [3.8, 4) is 5.75 Å². The van der Waals surface area contributed by atoms with E-state index in [0.29, 0.717) is 6.54 Å². The van der Waals surface area contributed by atoms with Gasteiger partial charge in [-0.15, -0.1) is 0 Å². The fourth-order valence-electron chi connectivity index (χ4n) is 2.51. The minimum atomic E-state index is 0.675. The number of hydrogen-bond acceptors (Lipinski definition) is 2. The molecule has 0 saturated carbocycles. The van der Waals surface area contributed by atoms with Crippen LogP contribution in [0.2, 0.25) is 0 Å². The molecule has 0 amide bonds. The Bertz CT molecular complexity index is 676. The predicted molar refractivity (Wildman–Crippen MR) is 99.7 cm³/mol. The molecule has 2 N–H and O–H groups in total. The molecule has 2 aromatic rings. The molecule has 0 unspecified atom stereocenters. The van der Waals surface area contributed by atoms with Crippen molar-refractivity contribution in [2.45, 2.75) is 26.8 Å². The number of hydrogen-bond donors (Lipinski definition) is 2. The van der Waals surface area contributed by atoms with Crippen LogP contribution >= 0.6 is 0 Å². The highest BCUT2D eigenvalue weighted by atomic mass is 16.5. The summed E-state index contributed by atoms with van der Waals surface area (Å²) in [4.78, 5) is 4.63. The highest BCUT2D eigenvalue weighted by Gasteiger charge is 2.02. The SMILES string of the molecule is CCNC(=NCc1ccn(C)c1)NCCc1ccc(C)c(OC)c1. The lowest BCUT2D eigenvalue weighted by Gasteiger charge is -2.12. The van der Waals surface area contributed by atoms with Crippen molar-refractivity contribution < 1.29 is 4.74 Å². The van der Waals surface area contributed by atoms with Crippen LogP contribution in [0.25, 0.3) is 0 Å². The zero-order valence-corrected chi connectivity index (χ0v) is 15.1. The molecule has 0 aliphatic rings. The van der Waals surface area contributed by atoms with Gasteiger partial charge >= 0.3 is 0 Å². The summed E-state index contributed by atoms with van der Waals surface area (Å²) in [5, 5.41) is 6.67. The molecule has 0 bridgehead atoms. The van der Waals surface area contributed by atoms with Crippen molar-refractivity contribution in [2.24, 2.45) is 12.0 Å². The highest BCUT2D eigenvalue weighted by Crippen LogP contribution is 2.18. The second kappa shape index (κ2) is 9.01. The van der Waals surface area contributed by atoms with Gasteiger partial charge in [-0.1, -0.05) is 12.1 Å². The Morgan fingerprint density at radius 1 is 1.21 bits per heavy atom. The third-order valence-corrected chi connectivity index (χ3v) is 3.84. The zero-order chi connectivity index (χ0) is 17.4. The van der Waals surface area contributed by atoms with Crippen LogP contribution in [0, 0.1) is 6.92 Å². The Morgan fingerprint density at radius 3 is 2.71 bits per heavy atom. The lowest BCUT2D eigenvalue weighted by Crippen LogP contribution is -2.38. The van der Waals surface area contributed by atoms with Gasteiger partial charge in [0.15, 0.2) is 5.96 Å². The maximum absolute atomic E-state index is 5.38. The Balaban J connectivity index is 1.89. The van der Waals surface area contributed by atoms with Crippen LogP contribution < -0.4 is 15.4 Å². The van der Waals surface area contributed by atoms with Crippen molar-refractivity contribution in [1.29, 1.82) is 0 Å². The van der Waals surface area contributed by atoms with E-state index in [4.69, 9.17) is 4.74 Å². The topological polar surface area (TPSA) is 50.6 Å². The van der Waals surface area contributed by atoms with Crippen LogP contribution in [0.15, 0.2) is 41.7 Å². The predicted octanol–water partition coefficient (Wildman–Crippen LogP) is 2.64. The molecule has 24 heavy (non-hydrogen) atoms. The van der Waals surface area contributed by atoms with E-state index in [0.717, 1.165) is 36.8 Å². The molecule has 0 spiro atoms. The third kappa shape index (κ3) is 5.33. The average molecular weight is 328 g/mol. The average Bonchev–Trinajstić information content (AvgIpc) is 2.99. The van der Waals surface area contributed by atoms with Gasteiger partial charge in [0, 0.05) is 32.5 Å². The molecule has 1 heterocycles. The number of ether oxygens (including phenoxy) is 1. The Kier molecular flexibility index (Phi) is 6.73. The minimum absolute atomic E-state index is 0.675. The van der Waals surface area contributed by atoms with E-state index in [-0.39, 0.29) is 0 Å². The molecule has 1 aromatic heterocycles. The molecular weight excluding hydrogens is 300 g/mol.